The molecule has 0 spiro atoms. The molecule has 146 valence electrons. The van der Waals surface area contributed by atoms with E-state index in [1.54, 1.807) is 0 Å². The second-order valence-electron chi connectivity index (χ2n) is 5.64. The number of rotatable bonds is 11. The number of thiol groups is 1. The quantitative estimate of drug-likeness (QED) is 0.248. The van der Waals surface area contributed by atoms with Crippen LogP contribution in [0.1, 0.15) is 38.5 Å². The molecule has 0 aliphatic heterocycles. The summed E-state index contributed by atoms with van der Waals surface area (Å²) in [5.74, 6) is -0.00136. The highest BCUT2D eigenvalue weighted by atomic mass is 32.1. The number of amides is 2. The molecule has 0 aromatic rings. The molecule has 0 saturated carbocycles. The van der Waals surface area contributed by atoms with Crippen molar-refractivity contribution in [3.8, 4) is 0 Å². The van der Waals surface area contributed by atoms with Gasteiger partial charge in [0.05, 0.1) is 11.8 Å². The Labute approximate surface area is 161 Å². The van der Waals surface area contributed by atoms with Crippen LogP contribution in [0.5, 0.6) is 0 Å². The van der Waals surface area contributed by atoms with Gasteiger partial charge in [-0.1, -0.05) is 36.8 Å². The molecule has 1 aliphatic rings. The maximum atomic E-state index is 11.9. The Morgan fingerprint density at radius 2 is 2.00 bits per heavy atom. The summed E-state index contributed by atoms with van der Waals surface area (Å²) < 4.78 is 0. The van der Waals surface area contributed by atoms with E-state index in [1.165, 1.54) is 7.05 Å². The molecule has 4 N–H and O–H groups in total. The van der Waals surface area contributed by atoms with Crippen molar-refractivity contribution in [1.82, 2.24) is 10.6 Å². The van der Waals surface area contributed by atoms with Gasteiger partial charge in [-0.25, -0.2) is 0 Å². The minimum atomic E-state index is -0.491. The number of nitrogens with one attached hydrogen (secondary N) is 2. The van der Waals surface area contributed by atoms with Gasteiger partial charge in [-0.3, -0.25) is 9.59 Å². The average Bonchev–Trinajstić information content (AvgIpc) is 2.94. The fourth-order valence-electron chi connectivity index (χ4n) is 2.30. The molecule has 0 saturated heterocycles. The summed E-state index contributed by atoms with van der Waals surface area (Å²) in [6.07, 6.45) is 15.0. The van der Waals surface area contributed by atoms with Crippen molar-refractivity contribution in [1.29, 1.82) is 0 Å². The molecule has 0 aromatic heterocycles. The number of aldehydes is 1. The highest BCUT2D eigenvalue weighted by Crippen LogP contribution is 2.11. The predicted octanol–water partition coefficient (Wildman–Crippen LogP) is 1.68. The number of nitrogens with two attached hydrogens (primary N) is 1. The minimum Gasteiger partial charge on any atom is -0.355 e. The van der Waals surface area contributed by atoms with Crippen LogP contribution in [0, 0.1) is 0 Å². The molecule has 0 fully saturated rings. The number of carbonyl (C=O) groups is 3. The van der Waals surface area contributed by atoms with Crippen molar-refractivity contribution in [3.05, 3.63) is 36.0 Å². The van der Waals surface area contributed by atoms with E-state index in [2.05, 4.69) is 29.0 Å². The number of hydrogen-bond donors (Lipinski definition) is 4. The topological polar surface area (TPSA) is 101 Å². The molecule has 6 nitrogen and oxygen atoms in total. The second-order valence-corrected chi connectivity index (χ2v) is 5.96. The van der Waals surface area contributed by atoms with Crippen molar-refractivity contribution < 1.29 is 14.4 Å². The first kappa shape index (κ1) is 24.1. The van der Waals surface area contributed by atoms with Crippen LogP contribution in [0.4, 0.5) is 0 Å². The molecular formula is C19H31N3O3S. The van der Waals surface area contributed by atoms with E-state index in [0.717, 1.165) is 37.5 Å². The Bertz CT molecular complexity index is 516. The third kappa shape index (κ3) is 12.5. The summed E-state index contributed by atoms with van der Waals surface area (Å²) in [7, 11) is 1.50. The SMILES string of the molecule is CN.O=CC(CC1=CC=CCC=C1)NC(=O)CCCCCNC(=O)CS. The zero-order chi connectivity index (χ0) is 19.6. The normalized spacial score (nSPS) is 13.6. The molecule has 26 heavy (non-hydrogen) atoms. The molecule has 0 heterocycles. The number of carbonyl (C=O) groups excluding carboxylic acids is 3. The van der Waals surface area contributed by atoms with Crippen LogP contribution >= 0.6 is 12.6 Å². The highest BCUT2D eigenvalue weighted by Gasteiger charge is 2.12. The van der Waals surface area contributed by atoms with E-state index in [1.807, 2.05) is 30.4 Å². The van der Waals surface area contributed by atoms with Gasteiger partial charge in [0.2, 0.25) is 11.8 Å². The molecule has 0 bridgehead atoms. The largest absolute Gasteiger partial charge is 0.355 e. The van der Waals surface area contributed by atoms with Gasteiger partial charge >= 0.3 is 0 Å². The van der Waals surface area contributed by atoms with Gasteiger partial charge < -0.3 is 21.2 Å². The molecule has 1 unspecified atom stereocenters. The van der Waals surface area contributed by atoms with Crippen LogP contribution in [-0.4, -0.2) is 43.5 Å². The monoisotopic (exact) mass is 381 g/mol. The fraction of sp³-hybridized carbons (Fsp3) is 0.526. The Morgan fingerprint density at radius 1 is 1.23 bits per heavy atom. The van der Waals surface area contributed by atoms with Crippen molar-refractivity contribution >= 4 is 30.7 Å². The zero-order valence-corrected chi connectivity index (χ0v) is 16.3. The van der Waals surface area contributed by atoms with Gasteiger partial charge in [-0.05, 0) is 38.3 Å². The molecule has 2 amide bonds. The predicted molar refractivity (Wildman–Crippen MR) is 109 cm³/mol. The van der Waals surface area contributed by atoms with Gasteiger partial charge in [-0.15, -0.1) is 0 Å². The Kier molecular flexibility index (Phi) is 15.4. The molecule has 1 aliphatic carbocycles. The summed E-state index contributed by atoms with van der Waals surface area (Å²) in [4.78, 5) is 34.1. The molecule has 1 rings (SSSR count). The van der Waals surface area contributed by atoms with E-state index >= 15 is 0 Å². The first-order valence-corrected chi connectivity index (χ1v) is 9.51. The number of hydrogen-bond acceptors (Lipinski definition) is 5. The minimum absolute atomic E-state index is 0.0818. The van der Waals surface area contributed by atoms with Crippen LogP contribution in [-0.2, 0) is 14.4 Å². The standard InChI is InChI=1S/C18H26N2O3S.CH5N/c21-13-16(12-15-8-4-1-2-5-9-15)20-17(22)10-6-3-7-11-19-18(23)14-24;1-2/h1,4-5,8-9,13,16,24H,2-3,6-7,10-12,14H2,(H,19,23)(H,20,22);2H2,1H3. The molecule has 7 heteroatoms. The van der Waals surface area contributed by atoms with Gasteiger partial charge in [0.15, 0.2) is 0 Å². The molecule has 1 atom stereocenters. The van der Waals surface area contributed by atoms with E-state index in [4.69, 9.17) is 0 Å². The van der Waals surface area contributed by atoms with Crippen molar-refractivity contribution in [2.24, 2.45) is 5.73 Å². The van der Waals surface area contributed by atoms with Gasteiger partial charge in [0.1, 0.15) is 6.29 Å². The second kappa shape index (κ2) is 16.6. The van der Waals surface area contributed by atoms with Crippen LogP contribution in [0.2, 0.25) is 0 Å². The highest BCUT2D eigenvalue weighted by molar-refractivity contribution is 7.81. The van der Waals surface area contributed by atoms with E-state index < -0.39 is 6.04 Å². The fourth-order valence-corrected chi connectivity index (χ4v) is 2.41. The van der Waals surface area contributed by atoms with Crippen LogP contribution in [0.25, 0.3) is 0 Å². The Balaban J connectivity index is 0.00000301. The molecule has 0 aromatic carbocycles. The zero-order valence-electron chi connectivity index (χ0n) is 15.4. The van der Waals surface area contributed by atoms with Crippen molar-refractivity contribution in [2.75, 3.05) is 19.3 Å². The Hall–Kier alpha value is -1.86. The maximum absolute atomic E-state index is 11.9. The van der Waals surface area contributed by atoms with Crippen LogP contribution in [0.3, 0.4) is 0 Å². The first-order valence-electron chi connectivity index (χ1n) is 8.88. The van der Waals surface area contributed by atoms with Crippen molar-refractivity contribution in [2.45, 2.75) is 44.6 Å². The van der Waals surface area contributed by atoms with E-state index in [0.29, 0.717) is 19.4 Å². The van der Waals surface area contributed by atoms with Crippen LogP contribution < -0.4 is 16.4 Å². The van der Waals surface area contributed by atoms with E-state index in [-0.39, 0.29) is 17.6 Å². The third-order valence-corrected chi connectivity index (χ3v) is 3.85. The van der Waals surface area contributed by atoms with Gasteiger partial charge in [0, 0.05) is 13.0 Å². The summed E-state index contributed by atoms with van der Waals surface area (Å²) >= 11 is 3.87. The number of unbranched alkanes of at least 4 members (excludes halogenated alkanes) is 2. The summed E-state index contributed by atoms with van der Waals surface area (Å²) in [5.41, 5.74) is 5.53. The third-order valence-electron chi connectivity index (χ3n) is 3.56. The lowest BCUT2D eigenvalue weighted by Crippen LogP contribution is -2.36. The van der Waals surface area contributed by atoms with Crippen molar-refractivity contribution in [3.63, 3.8) is 0 Å². The Morgan fingerprint density at radius 3 is 2.69 bits per heavy atom. The maximum Gasteiger partial charge on any atom is 0.229 e. The smallest absolute Gasteiger partial charge is 0.229 e. The molecular weight excluding hydrogens is 350 g/mol. The summed E-state index contributed by atoms with van der Waals surface area (Å²) in [6.45, 7) is 0.603. The van der Waals surface area contributed by atoms with E-state index in [9.17, 15) is 14.4 Å². The first-order chi connectivity index (χ1) is 12.7. The summed E-state index contributed by atoms with van der Waals surface area (Å²) in [5, 5.41) is 5.50. The lowest BCUT2D eigenvalue weighted by atomic mass is 10.1. The molecule has 0 radical (unpaired) electrons. The lowest BCUT2D eigenvalue weighted by Gasteiger charge is -2.13. The lowest BCUT2D eigenvalue weighted by molar-refractivity contribution is -0.124. The van der Waals surface area contributed by atoms with Crippen LogP contribution in [0.15, 0.2) is 36.0 Å². The van der Waals surface area contributed by atoms with Gasteiger partial charge in [-0.2, -0.15) is 12.6 Å². The average molecular weight is 382 g/mol. The number of allylic oxidation sites excluding steroid dienone is 5. The summed E-state index contributed by atoms with van der Waals surface area (Å²) in [6, 6.07) is -0.491. The van der Waals surface area contributed by atoms with Gasteiger partial charge in [0.25, 0.3) is 0 Å².